The van der Waals surface area contributed by atoms with Crippen LogP contribution in [0, 0.1) is 6.92 Å². The monoisotopic (exact) mass is 206 g/mol. The highest BCUT2D eigenvalue weighted by molar-refractivity contribution is 5.45. The van der Waals surface area contributed by atoms with Crippen LogP contribution in [0.4, 0.5) is 5.82 Å². The molecule has 1 aliphatic carbocycles. The highest BCUT2D eigenvalue weighted by atomic mass is 15.3. The van der Waals surface area contributed by atoms with Gasteiger partial charge in [0.05, 0.1) is 0 Å². The molecule has 0 spiro atoms. The van der Waals surface area contributed by atoms with Crippen molar-refractivity contribution in [3.63, 3.8) is 0 Å². The van der Waals surface area contributed by atoms with Gasteiger partial charge in [-0.05, 0) is 26.2 Å². The summed E-state index contributed by atoms with van der Waals surface area (Å²) in [4.78, 5) is 9.09. The zero-order chi connectivity index (χ0) is 10.8. The van der Waals surface area contributed by atoms with E-state index in [1.165, 1.54) is 19.3 Å². The van der Waals surface area contributed by atoms with Crippen molar-refractivity contribution in [3.8, 4) is 0 Å². The van der Waals surface area contributed by atoms with Crippen LogP contribution in [-0.4, -0.2) is 9.97 Å². The molecule has 15 heavy (non-hydrogen) atoms. The topological polar surface area (TPSA) is 63.8 Å². The average Bonchev–Trinajstić information content (AvgIpc) is 2.17. The summed E-state index contributed by atoms with van der Waals surface area (Å²) in [5.74, 6) is 7.77. The van der Waals surface area contributed by atoms with E-state index in [0.717, 1.165) is 29.3 Å². The maximum Gasteiger partial charge on any atom is 0.146 e. The van der Waals surface area contributed by atoms with Crippen LogP contribution in [0.2, 0.25) is 0 Å². The minimum absolute atomic E-state index is 0.558. The van der Waals surface area contributed by atoms with Crippen LogP contribution >= 0.6 is 0 Å². The highest BCUT2D eigenvalue weighted by Gasteiger charge is 2.23. The van der Waals surface area contributed by atoms with Crippen LogP contribution in [0.5, 0.6) is 0 Å². The molecule has 82 valence electrons. The van der Waals surface area contributed by atoms with E-state index in [9.17, 15) is 0 Å². The first-order valence-electron chi connectivity index (χ1n) is 5.60. The third kappa shape index (κ3) is 1.81. The van der Waals surface area contributed by atoms with Crippen molar-refractivity contribution in [1.29, 1.82) is 0 Å². The molecule has 0 bridgehead atoms. The molecule has 1 fully saturated rings. The number of hydrazine groups is 1. The van der Waals surface area contributed by atoms with E-state index in [-0.39, 0.29) is 0 Å². The summed E-state index contributed by atoms with van der Waals surface area (Å²) in [7, 11) is 0. The largest absolute Gasteiger partial charge is 0.308 e. The number of nitrogen functional groups attached to an aromatic ring is 1. The Morgan fingerprint density at radius 1 is 1.40 bits per heavy atom. The Morgan fingerprint density at radius 3 is 2.60 bits per heavy atom. The van der Waals surface area contributed by atoms with Gasteiger partial charge in [-0.1, -0.05) is 13.3 Å². The standard InChI is InChI=1S/C11H18N4/c1-3-9-7(2)10(15-12)14-11(13-9)8-5-4-6-8/h8H,3-6,12H2,1-2H3,(H,13,14,15). The maximum atomic E-state index is 5.46. The molecule has 1 aromatic rings. The first-order valence-corrected chi connectivity index (χ1v) is 5.60. The third-order valence-electron chi connectivity index (χ3n) is 3.21. The van der Waals surface area contributed by atoms with Gasteiger partial charge in [-0.2, -0.15) is 0 Å². The Balaban J connectivity index is 2.38. The summed E-state index contributed by atoms with van der Waals surface area (Å²) < 4.78 is 0. The quantitative estimate of drug-likeness (QED) is 0.585. The predicted octanol–water partition coefficient (Wildman–Crippen LogP) is 1.90. The second kappa shape index (κ2) is 4.14. The molecule has 3 N–H and O–H groups in total. The number of nitrogens with two attached hydrogens (primary N) is 1. The first-order chi connectivity index (χ1) is 7.26. The molecule has 1 heterocycles. The second-order valence-electron chi connectivity index (χ2n) is 4.13. The van der Waals surface area contributed by atoms with E-state index >= 15 is 0 Å². The smallest absolute Gasteiger partial charge is 0.146 e. The Kier molecular flexibility index (Phi) is 2.86. The summed E-state index contributed by atoms with van der Waals surface area (Å²) in [6.45, 7) is 4.12. The van der Waals surface area contributed by atoms with Crippen molar-refractivity contribution in [1.82, 2.24) is 9.97 Å². The number of rotatable bonds is 3. The van der Waals surface area contributed by atoms with E-state index in [1.807, 2.05) is 6.92 Å². The molecule has 0 atom stereocenters. The predicted molar refractivity (Wildman–Crippen MR) is 60.5 cm³/mol. The number of nitrogens with zero attached hydrogens (tertiary/aromatic N) is 2. The van der Waals surface area contributed by atoms with Crippen LogP contribution in [0.25, 0.3) is 0 Å². The summed E-state index contributed by atoms with van der Waals surface area (Å²) >= 11 is 0. The van der Waals surface area contributed by atoms with Gasteiger partial charge in [0.15, 0.2) is 0 Å². The minimum Gasteiger partial charge on any atom is -0.308 e. The van der Waals surface area contributed by atoms with Crippen molar-refractivity contribution in [2.75, 3.05) is 5.43 Å². The van der Waals surface area contributed by atoms with Gasteiger partial charge in [-0.15, -0.1) is 0 Å². The number of hydrogen-bond donors (Lipinski definition) is 2. The molecular formula is C11H18N4. The molecule has 1 aromatic heterocycles. The van der Waals surface area contributed by atoms with Crippen molar-refractivity contribution in [3.05, 3.63) is 17.1 Å². The number of hydrogen-bond acceptors (Lipinski definition) is 4. The lowest BCUT2D eigenvalue weighted by Gasteiger charge is -2.25. The Labute approximate surface area is 90.3 Å². The fourth-order valence-electron chi connectivity index (χ4n) is 1.92. The molecule has 1 saturated carbocycles. The van der Waals surface area contributed by atoms with Crippen LogP contribution in [0.1, 0.15) is 49.2 Å². The molecular weight excluding hydrogens is 188 g/mol. The van der Waals surface area contributed by atoms with Crippen LogP contribution < -0.4 is 11.3 Å². The average molecular weight is 206 g/mol. The van der Waals surface area contributed by atoms with E-state index in [0.29, 0.717) is 5.92 Å². The van der Waals surface area contributed by atoms with Crippen molar-refractivity contribution in [2.45, 2.75) is 45.4 Å². The van der Waals surface area contributed by atoms with Gasteiger partial charge >= 0.3 is 0 Å². The molecule has 1 aliphatic rings. The summed E-state index contributed by atoms with van der Waals surface area (Å²) in [5, 5.41) is 0. The van der Waals surface area contributed by atoms with Crippen molar-refractivity contribution < 1.29 is 0 Å². The summed E-state index contributed by atoms with van der Waals surface area (Å²) in [6, 6.07) is 0. The van der Waals surface area contributed by atoms with Crippen molar-refractivity contribution in [2.24, 2.45) is 5.84 Å². The molecule has 0 saturated heterocycles. The van der Waals surface area contributed by atoms with E-state index in [4.69, 9.17) is 5.84 Å². The lowest BCUT2D eigenvalue weighted by atomic mass is 9.84. The SMILES string of the molecule is CCc1nc(C2CCC2)nc(NN)c1C. The molecule has 4 heteroatoms. The minimum atomic E-state index is 0.558. The van der Waals surface area contributed by atoms with Crippen LogP contribution in [-0.2, 0) is 6.42 Å². The van der Waals surface area contributed by atoms with Gasteiger partial charge in [-0.25, -0.2) is 15.8 Å². The third-order valence-corrected chi connectivity index (χ3v) is 3.21. The van der Waals surface area contributed by atoms with Gasteiger partial charge < -0.3 is 5.43 Å². The molecule has 0 aromatic carbocycles. The Morgan fingerprint density at radius 2 is 2.13 bits per heavy atom. The van der Waals surface area contributed by atoms with Gasteiger partial charge in [-0.3, -0.25) is 0 Å². The zero-order valence-corrected chi connectivity index (χ0v) is 9.38. The van der Waals surface area contributed by atoms with E-state index in [1.54, 1.807) is 0 Å². The summed E-state index contributed by atoms with van der Waals surface area (Å²) in [6.07, 6.45) is 4.67. The number of aromatic nitrogens is 2. The molecule has 2 rings (SSSR count). The van der Waals surface area contributed by atoms with Crippen LogP contribution in [0.15, 0.2) is 0 Å². The normalized spacial score (nSPS) is 16.2. The van der Waals surface area contributed by atoms with E-state index in [2.05, 4.69) is 22.3 Å². The lowest BCUT2D eigenvalue weighted by molar-refractivity contribution is 0.400. The summed E-state index contributed by atoms with van der Waals surface area (Å²) in [5.41, 5.74) is 4.85. The molecule has 4 nitrogen and oxygen atoms in total. The molecule has 0 aliphatic heterocycles. The Hall–Kier alpha value is -1.16. The van der Waals surface area contributed by atoms with Gasteiger partial charge in [0.25, 0.3) is 0 Å². The lowest BCUT2D eigenvalue weighted by Crippen LogP contribution is -2.18. The molecule has 0 radical (unpaired) electrons. The van der Waals surface area contributed by atoms with Crippen molar-refractivity contribution >= 4 is 5.82 Å². The van der Waals surface area contributed by atoms with Gasteiger partial charge in [0.1, 0.15) is 11.6 Å². The van der Waals surface area contributed by atoms with Gasteiger partial charge in [0, 0.05) is 17.2 Å². The fourth-order valence-corrected chi connectivity index (χ4v) is 1.92. The Bertz CT molecular complexity index is 333. The van der Waals surface area contributed by atoms with Crippen LogP contribution in [0.3, 0.4) is 0 Å². The zero-order valence-electron chi connectivity index (χ0n) is 9.38. The number of aryl methyl sites for hydroxylation is 1. The number of nitrogens with one attached hydrogen (secondary N) is 1. The number of anilines is 1. The fraction of sp³-hybridized carbons (Fsp3) is 0.636. The highest BCUT2D eigenvalue weighted by Crippen LogP contribution is 2.35. The first kappa shape index (κ1) is 10.4. The molecule has 0 unspecified atom stereocenters. The van der Waals surface area contributed by atoms with E-state index < -0.39 is 0 Å². The van der Waals surface area contributed by atoms with Gasteiger partial charge in [0.2, 0.25) is 0 Å². The second-order valence-corrected chi connectivity index (χ2v) is 4.13. The maximum absolute atomic E-state index is 5.46. The molecule has 0 amide bonds.